The Morgan fingerprint density at radius 2 is 1.91 bits per heavy atom. The maximum Gasteiger partial charge on any atom is 0.317 e. The van der Waals surface area contributed by atoms with Gasteiger partial charge in [-0.05, 0) is 32.3 Å². The van der Waals surface area contributed by atoms with Crippen LogP contribution in [0.5, 0.6) is 0 Å². The number of amides is 3. The monoisotopic (exact) mass is 301 g/mol. The van der Waals surface area contributed by atoms with Crippen molar-refractivity contribution in [1.29, 1.82) is 0 Å². The van der Waals surface area contributed by atoms with Gasteiger partial charge in [0.15, 0.2) is 0 Å². The Morgan fingerprint density at radius 3 is 2.45 bits per heavy atom. The number of urea groups is 1. The minimum atomic E-state index is -0.337. The number of piperidine rings is 1. The first-order valence-electron chi connectivity index (χ1n) is 7.94. The first-order chi connectivity index (χ1) is 10.5. The average Bonchev–Trinajstić information content (AvgIpc) is 2.52. The van der Waals surface area contributed by atoms with Crippen molar-refractivity contribution < 1.29 is 9.59 Å². The van der Waals surface area contributed by atoms with Crippen LogP contribution in [0.25, 0.3) is 0 Å². The van der Waals surface area contributed by atoms with E-state index >= 15 is 0 Å². The zero-order chi connectivity index (χ0) is 15.7. The maximum atomic E-state index is 12.2. The molecule has 0 radical (unpaired) electrons. The molecule has 0 aromatic heterocycles. The van der Waals surface area contributed by atoms with E-state index in [4.69, 9.17) is 0 Å². The highest BCUT2D eigenvalue weighted by Crippen LogP contribution is 2.49. The third-order valence-electron chi connectivity index (χ3n) is 4.77. The molecule has 0 unspecified atom stereocenters. The van der Waals surface area contributed by atoms with Crippen LogP contribution in [-0.2, 0) is 4.79 Å². The van der Waals surface area contributed by atoms with Gasteiger partial charge in [0.05, 0.1) is 11.5 Å². The van der Waals surface area contributed by atoms with E-state index in [2.05, 4.69) is 22.8 Å². The Labute approximate surface area is 131 Å². The molecule has 2 aliphatic heterocycles. The maximum absolute atomic E-state index is 12.2. The molecular weight excluding hydrogens is 278 g/mol. The van der Waals surface area contributed by atoms with Crippen LogP contribution in [-0.4, -0.2) is 36.0 Å². The lowest BCUT2D eigenvalue weighted by atomic mass is 9.64. The number of benzene rings is 1. The minimum Gasteiger partial charge on any atom is -0.348 e. The van der Waals surface area contributed by atoms with Crippen molar-refractivity contribution in [3.63, 3.8) is 0 Å². The van der Waals surface area contributed by atoms with Crippen molar-refractivity contribution in [2.45, 2.75) is 38.8 Å². The number of rotatable bonds is 2. The number of likely N-dealkylation sites (tertiary alicyclic amines) is 1. The highest BCUT2D eigenvalue weighted by molar-refractivity contribution is 5.91. The van der Waals surface area contributed by atoms with Gasteiger partial charge in [-0.3, -0.25) is 4.79 Å². The van der Waals surface area contributed by atoms with Gasteiger partial charge in [-0.15, -0.1) is 0 Å². The van der Waals surface area contributed by atoms with E-state index in [1.54, 1.807) is 0 Å². The first kappa shape index (κ1) is 14.9. The predicted molar refractivity (Wildman–Crippen MR) is 84.2 cm³/mol. The SMILES string of the molecule is CC(C)NC(=O)N1CCC2(CC1)C(=O)N[C@H]2c1ccccc1. The van der Waals surface area contributed by atoms with Crippen molar-refractivity contribution in [2.24, 2.45) is 5.41 Å². The standard InChI is InChI=1S/C17H23N3O2/c1-12(2)18-16(22)20-10-8-17(9-11-20)14(19-15(17)21)13-6-4-3-5-7-13/h3-7,12,14H,8-11H2,1-2H3,(H,18,22)(H,19,21)/t14-/m0/s1. The van der Waals surface area contributed by atoms with Crippen LogP contribution >= 0.6 is 0 Å². The molecule has 0 saturated carbocycles. The summed E-state index contributed by atoms with van der Waals surface area (Å²) in [6.45, 7) is 5.17. The molecule has 2 aliphatic rings. The van der Waals surface area contributed by atoms with Crippen LogP contribution in [0.4, 0.5) is 4.79 Å². The van der Waals surface area contributed by atoms with E-state index in [9.17, 15) is 9.59 Å². The van der Waals surface area contributed by atoms with Crippen molar-refractivity contribution in [1.82, 2.24) is 15.5 Å². The van der Waals surface area contributed by atoms with E-state index < -0.39 is 0 Å². The first-order valence-corrected chi connectivity index (χ1v) is 7.94. The molecule has 5 nitrogen and oxygen atoms in total. The molecule has 1 atom stereocenters. The van der Waals surface area contributed by atoms with Gasteiger partial charge in [-0.1, -0.05) is 30.3 Å². The second-order valence-electron chi connectivity index (χ2n) is 6.56. The molecule has 22 heavy (non-hydrogen) atoms. The summed E-state index contributed by atoms with van der Waals surface area (Å²) in [5, 5.41) is 5.95. The molecule has 118 valence electrons. The molecule has 3 rings (SSSR count). The number of nitrogens with one attached hydrogen (secondary N) is 2. The summed E-state index contributed by atoms with van der Waals surface area (Å²) in [7, 11) is 0. The Hall–Kier alpha value is -2.04. The van der Waals surface area contributed by atoms with E-state index in [0.29, 0.717) is 13.1 Å². The Kier molecular flexibility index (Phi) is 3.81. The van der Waals surface area contributed by atoms with Crippen LogP contribution in [0.15, 0.2) is 30.3 Å². The van der Waals surface area contributed by atoms with Crippen LogP contribution in [0.1, 0.15) is 38.3 Å². The molecule has 1 spiro atoms. The van der Waals surface area contributed by atoms with Gasteiger partial charge in [0.25, 0.3) is 0 Å². The quantitative estimate of drug-likeness (QED) is 0.821. The molecule has 2 saturated heterocycles. The lowest BCUT2D eigenvalue weighted by molar-refractivity contribution is -0.150. The number of hydrogen-bond donors (Lipinski definition) is 2. The third-order valence-corrected chi connectivity index (χ3v) is 4.77. The Morgan fingerprint density at radius 1 is 1.27 bits per heavy atom. The van der Waals surface area contributed by atoms with Gasteiger partial charge in [0.2, 0.25) is 5.91 Å². The second-order valence-corrected chi connectivity index (χ2v) is 6.56. The van der Waals surface area contributed by atoms with Crippen LogP contribution in [0.3, 0.4) is 0 Å². The highest BCUT2D eigenvalue weighted by Gasteiger charge is 2.56. The molecule has 1 aromatic rings. The molecule has 2 N–H and O–H groups in total. The Balaban J connectivity index is 1.68. The third kappa shape index (κ3) is 2.45. The molecule has 3 amide bonds. The molecule has 0 aliphatic carbocycles. The molecule has 2 heterocycles. The summed E-state index contributed by atoms with van der Waals surface area (Å²) in [6, 6.07) is 10.3. The van der Waals surface area contributed by atoms with Gasteiger partial charge in [0.1, 0.15) is 0 Å². The predicted octanol–water partition coefficient (Wildman–Crippen LogP) is 2.06. The summed E-state index contributed by atoms with van der Waals surface area (Å²) < 4.78 is 0. The normalized spacial score (nSPS) is 23.1. The van der Waals surface area contributed by atoms with Crippen LogP contribution in [0, 0.1) is 5.41 Å². The minimum absolute atomic E-state index is 0.0270. The van der Waals surface area contributed by atoms with E-state index in [0.717, 1.165) is 18.4 Å². The number of carbonyl (C=O) groups is 2. The Bertz CT molecular complexity index is 563. The van der Waals surface area contributed by atoms with Crippen molar-refractivity contribution in [3.05, 3.63) is 35.9 Å². The van der Waals surface area contributed by atoms with E-state index in [1.807, 2.05) is 36.9 Å². The van der Waals surface area contributed by atoms with Gasteiger partial charge >= 0.3 is 6.03 Å². The topological polar surface area (TPSA) is 61.4 Å². The zero-order valence-corrected chi connectivity index (χ0v) is 13.1. The lowest BCUT2D eigenvalue weighted by Crippen LogP contribution is -2.65. The average molecular weight is 301 g/mol. The largest absolute Gasteiger partial charge is 0.348 e. The summed E-state index contributed by atoms with van der Waals surface area (Å²) >= 11 is 0. The fourth-order valence-electron chi connectivity index (χ4n) is 3.48. The number of β-lactam (4-membered cyclic amide) rings is 1. The highest BCUT2D eigenvalue weighted by atomic mass is 16.2. The van der Waals surface area contributed by atoms with Crippen molar-refractivity contribution in [3.8, 4) is 0 Å². The van der Waals surface area contributed by atoms with Crippen molar-refractivity contribution >= 4 is 11.9 Å². The summed E-state index contributed by atoms with van der Waals surface area (Å²) in [6.07, 6.45) is 1.45. The smallest absolute Gasteiger partial charge is 0.317 e. The summed E-state index contributed by atoms with van der Waals surface area (Å²) in [5.74, 6) is 0.130. The van der Waals surface area contributed by atoms with Crippen LogP contribution in [0.2, 0.25) is 0 Å². The number of carbonyl (C=O) groups excluding carboxylic acids is 2. The lowest BCUT2D eigenvalue weighted by Gasteiger charge is -2.52. The molecular formula is C17H23N3O2. The van der Waals surface area contributed by atoms with Gasteiger partial charge in [-0.25, -0.2) is 4.79 Å². The van der Waals surface area contributed by atoms with Crippen molar-refractivity contribution in [2.75, 3.05) is 13.1 Å². The summed E-state index contributed by atoms with van der Waals surface area (Å²) in [4.78, 5) is 26.1. The molecule has 2 fully saturated rings. The van der Waals surface area contributed by atoms with E-state index in [1.165, 1.54) is 0 Å². The van der Waals surface area contributed by atoms with Gasteiger partial charge in [0, 0.05) is 19.1 Å². The van der Waals surface area contributed by atoms with Gasteiger partial charge in [-0.2, -0.15) is 0 Å². The summed E-state index contributed by atoms with van der Waals surface area (Å²) in [5.41, 5.74) is 0.817. The zero-order valence-electron chi connectivity index (χ0n) is 13.1. The number of hydrogen-bond acceptors (Lipinski definition) is 2. The molecule has 1 aromatic carbocycles. The second kappa shape index (κ2) is 5.63. The van der Waals surface area contributed by atoms with Gasteiger partial charge < -0.3 is 15.5 Å². The van der Waals surface area contributed by atoms with Crippen LogP contribution < -0.4 is 10.6 Å². The fraction of sp³-hybridized carbons (Fsp3) is 0.529. The molecule has 5 heteroatoms. The fourth-order valence-corrected chi connectivity index (χ4v) is 3.48. The number of nitrogens with zero attached hydrogens (tertiary/aromatic N) is 1. The van der Waals surface area contributed by atoms with E-state index in [-0.39, 0.29) is 29.4 Å². The molecule has 0 bridgehead atoms.